The summed E-state index contributed by atoms with van der Waals surface area (Å²) in [6, 6.07) is 3.34. The minimum absolute atomic E-state index is 0.245. The zero-order valence-corrected chi connectivity index (χ0v) is 13.0. The average molecular weight is 298 g/mol. The first kappa shape index (κ1) is 16.7. The van der Waals surface area contributed by atoms with Crippen LogP contribution in [0.5, 0.6) is 0 Å². The van der Waals surface area contributed by atoms with Gasteiger partial charge in [0, 0.05) is 25.9 Å². The fourth-order valence-corrected chi connectivity index (χ4v) is 3.97. The van der Waals surface area contributed by atoms with Gasteiger partial charge in [0.2, 0.25) is 10.0 Å². The summed E-state index contributed by atoms with van der Waals surface area (Å²) in [6.45, 7) is 7.97. The van der Waals surface area contributed by atoms with Crippen molar-refractivity contribution in [1.29, 1.82) is 0 Å². The second-order valence-corrected chi connectivity index (χ2v) is 6.50. The minimum atomic E-state index is -3.59. The van der Waals surface area contributed by atoms with Crippen LogP contribution in [0, 0.1) is 13.8 Å². The summed E-state index contributed by atoms with van der Waals surface area (Å²) in [6.07, 6.45) is 1.56. The molecule has 20 heavy (non-hydrogen) atoms. The summed E-state index contributed by atoms with van der Waals surface area (Å²) in [5.41, 5.74) is 7.60. The Bertz CT molecular complexity index is 559. The first-order valence-corrected chi connectivity index (χ1v) is 7.75. The average Bonchev–Trinajstić information content (AvgIpc) is 2.32. The van der Waals surface area contributed by atoms with Gasteiger partial charge < -0.3 is 10.5 Å². The van der Waals surface area contributed by atoms with Crippen LogP contribution in [0.4, 0.5) is 5.69 Å². The molecule has 1 rings (SSSR count). The summed E-state index contributed by atoms with van der Waals surface area (Å²) in [5.74, 6) is 0. The van der Waals surface area contributed by atoms with Gasteiger partial charge in [-0.2, -0.15) is 4.31 Å². The third-order valence-corrected chi connectivity index (χ3v) is 5.13. The molecular weight excluding hydrogens is 276 g/mol. The molecule has 0 heterocycles. The van der Waals surface area contributed by atoms with Crippen molar-refractivity contribution in [3.63, 3.8) is 0 Å². The Morgan fingerprint density at radius 2 is 1.90 bits per heavy atom. The molecule has 2 N–H and O–H groups in total. The van der Waals surface area contributed by atoms with Crippen LogP contribution in [0.25, 0.3) is 0 Å². The molecule has 0 spiro atoms. The van der Waals surface area contributed by atoms with E-state index >= 15 is 0 Å². The summed E-state index contributed by atoms with van der Waals surface area (Å²) in [7, 11) is -2.05. The van der Waals surface area contributed by atoms with Gasteiger partial charge in [0.25, 0.3) is 0 Å². The number of nitrogens with two attached hydrogens (primary N) is 1. The van der Waals surface area contributed by atoms with E-state index in [4.69, 9.17) is 10.5 Å². The first-order valence-electron chi connectivity index (χ1n) is 6.31. The molecule has 0 aliphatic carbocycles. The van der Waals surface area contributed by atoms with Crippen molar-refractivity contribution in [3.05, 3.63) is 35.9 Å². The van der Waals surface area contributed by atoms with Gasteiger partial charge in [-0.15, -0.1) is 6.58 Å². The van der Waals surface area contributed by atoms with Gasteiger partial charge >= 0.3 is 0 Å². The number of nitrogen functional groups attached to an aromatic ring is 1. The zero-order valence-electron chi connectivity index (χ0n) is 12.2. The fraction of sp³-hybridized carbons (Fsp3) is 0.429. The number of anilines is 1. The molecule has 0 aliphatic heterocycles. The van der Waals surface area contributed by atoms with Crippen molar-refractivity contribution in [1.82, 2.24) is 4.31 Å². The quantitative estimate of drug-likeness (QED) is 0.614. The van der Waals surface area contributed by atoms with Crippen LogP contribution in [0.15, 0.2) is 29.7 Å². The Kier molecular flexibility index (Phi) is 5.74. The topological polar surface area (TPSA) is 72.6 Å². The molecule has 0 aliphatic rings. The highest BCUT2D eigenvalue weighted by Gasteiger charge is 2.26. The molecule has 0 unspecified atom stereocenters. The standard InChI is InChI=1S/C14H22N2O3S/c1-5-6-16(7-8-19-4)20(17,18)14-11(2)9-13(15)10-12(14)3/h5,9-10H,1,6-8,15H2,2-4H3. The predicted octanol–water partition coefficient (Wildman–Crippen LogP) is 1.71. The second-order valence-electron chi connectivity index (χ2n) is 4.63. The van der Waals surface area contributed by atoms with Gasteiger partial charge in [-0.3, -0.25) is 0 Å². The highest BCUT2D eigenvalue weighted by Crippen LogP contribution is 2.26. The molecule has 0 atom stereocenters. The molecule has 0 amide bonds. The summed E-state index contributed by atoms with van der Waals surface area (Å²) >= 11 is 0. The maximum Gasteiger partial charge on any atom is 0.243 e. The van der Waals surface area contributed by atoms with Crippen LogP contribution in [-0.4, -0.2) is 39.5 Å². The Morgan fingerprint density at radius 1 is 1.35 bits per heavy atom. The number of hydrogen-bond donors (Lipinski definition) is 1. The van der Waals surface area contributed by atoms with Gasteiger partial charge in [-0.1, -0.05) is 6.08 Å². The van der Waals surface area contributed by atoms with Crippen LogP contribution in [-0.2, 0) is 14.8 Å². The van der Waals surface area contributed by atoms with Crippen molar-refractivity contribution in [2.45, 2.75) is 18.7 Å². The number of sulfonamides is 1. The number of ether oxygens (including phenoxy) is 1. The number of methoxy groups -OCH3 is 1. The first-order chi connectivity index (χ1) is 9.34. The molecule has 0 aromatic heterocycles. The smallest absolute Gasteiger partial charge is 0.243 e. The number of benzene rings is 1. The minimum Gasteiger partial charge on any atom is -0.399 e. The van der Waals surface area contributed by atoms with E-state index in [2.05, 4.69) is 6.58 Å². The summed E-state index contributed by atoms with van der Waals surface area (Å²) in [4.78, 5) is 0.310. The van der Waals surface area contributed by atoms with Crippen LogP contribution >= 0.6 is 0 Å². The summed E-state index contributed by atoms with van der Waals surface area (Å²) < 4.78 is 31.9. The van der Waals surface area contributed by atoms with Crippen molar-refractivity contribution in [3.8, 4) is 0 Å². The molecule has 0 bridgehead atoms. The Hall–Kier alpha value is -1.37. The van der Waals surface area contributed by atoms with Gasteiger partial charge in [0.1, 0.15) is 0 Å². The van der Waals surface area contributed by atoms with Crippen molar-refractivity contribution in [2.24, 2.45) is 0 Å². The summed E-state index contributed by atoms with van der Waals surface area (Å²) in [5, 5.41) is 0. The van der Waals surface area contributed by atoms with E-state index in [0.29, 0.717) is 28.3 Å². The highest BCUT2D eigenvalue weighted by atomic mass is 32.2. The van der Waals surface area contributed by atoms with Gasteiger partial charge in [0.05, 0.1) is 11.5 Å². The largest absolute Gasteiger partial charge is 0.399 e. The molecular formula is C14H22N2O3S. The Labute approximate surface area is 121 Å². The third kappa shape index (κ3) is 3.59. The highest BCUT2D eigenvalue weighted by molar-refractivity contribution is 7.89. The lowest BCUT2D eigenvalue weighted by atomic mass is 10.1. The second kappa shape index (κ2) is 6.88. The molecule has 0 saturated heterocycles. The van der Waals surface area contributed by atoms with E-state index in [-0.39, 0.29) is 13.1 Å². The molecule has 0 fully saturated rings. The Morgan fingerprint density at radius 3 is 2.35 bits per heavy atom. The van der Waals surface area contributed by atoms with Crippen LogP contribution in [0.3, 0.4) is 0 Å². The molecule has 5 nitrogen and oxygen atoms in total. The fourth-order valence-electron chi connectivity index (χ4n) is 2.17. The number of nitrogens with zero attached hydrogens (tertiary/aromatic N) is 1. The SMILES string of the molecule is C=CCN(CCOC)S(=O)(=O)c1c(C)cc(N)cc1C. The van der Waals surface area contributed by atoms with Crippen molar-refractivity contribution in [2.75, 3.05) is 32.5 Å². The van der Waals surface area contributed by atoms with E-state index in [1.807, 2.05) is 0 Å². The van der Waals surface area contributed by atoms with E-state index in [1.54, 1.807) is 39.2 Å². The van der Waals surface area contributed by atoms with Gasteiger partial charge in [-0.05, 0) is 37.1 Å². The van der Waals surface area contributed by atoms with E-state index < -0.39 is 10.0 Å². The molecule has 112 valence electrons. The van der Waals surface area contributed by atoms with Crippen LogP contribution in [0.2, 0.25) is 0 Å². The normalized spacial score (nSPS) is 11.8. The molecule has 0 radical (unpaired) electrons. The zero-order chi connectivity index (χ0) is 15.3. The van der Waals surface area contributed by atoms with Gasteiger partial charge in [-0.25, -0.2) is 8.42 Å². The molecule has 1 aromatic carbocycles. The van der Waals surface area contributed by atoms with Crippen LogP contribution in [0.1, 0.15) is 11.1 Å². The number of hydrogen-bond acceptors (Lipinski definition) is 4. The maximum absolute atomic E-state index is 12.8. The van der Waals surface area contributed by atoms with Crippen LogP contribution < -0.4 is 5.73 Å². The number of aryl methyl sites for hydroxylation is 2. The van der Waals surface area contributed by atoms with Gasteiger partial charge in [0.15, 0.2) is 0 Å². The Balaban J connectivity index is 3.29. The lowest BCUT2D eigenvalue weighted by molar-refractivity contribution is 0.182. The van der Waals surface area contributed by atoms with Crippen molar-refractivity contribution < 1.29 is 13.2 Å². The third-order valence-electron chi connectivity index (χ3n) is 2.96. The van der Waals surface area contributed by atoms with E-state index in [1.165, 1.54) is 4.31 Å². The lowest BCUT2D eigenvalue weighted by Gasteiger charge is -2.23. The number of rotatable bonds is 7. The van der Waals surface area contributed by atoms with Crippen molar-refractivity contribution >= 4 is 15.7 Å². The monoisotopic (exact) mass is 298 g/mol. The van der Waals surface area contributed by atoms with E-state index in [9.17, 15) is 8.42 Å². The lowest BCUT2D eigenvalue weighted by Crippen LogP contribution is -2.35. The van der Waals surface area contributed by atoms with E-state index in [0.717, 1.165) is 0 Å². The maximum atomic E-state index is 12.8. The molecule has 6 heteroatoms. The molecule has 0 saturated carbocycles. The predicted molar refractivity (Wildman–Crippen MR) is 81.2 cm³/mol. The molecule has 1 aromatic rings.